The van der Waals surface area contributed by atoms with E-state index in [9.17, 15) is 9.59 Å². The standard InChI is InChI=1S/C29H30BrN3O2/c1-3-4-20-32(27(34)19-14-22-10-6-5-7-11-22)21(2)28-31-26-13-9-8-12-25(26)29(35)33(28)24-17-15-23(30)16-18-24/h5-13,15-18,21H,3-4,14,19-20H2,1-2H3. The molecule has 0 saturated carbocycles. The van der Waals surface area contributed by atoms with E-state index in [1.807, 2.05) is 84.6 Å². The van der Waals surface area contributed by atoms with Crippen LogP contribution in [-0.4, -0.2) is 26.9 Å². The number of aryl methyl sites for hydroxylation is 1. The summed E-state index contributed by atoms with van der Waals surface area (Å²) in [6.45, 7) is 4.71. The molecule has 1 aromatic heterocycles. The van der Waals surface area contributed by atoms with Gasteiger partial charge in [0.15, 0.2) is 0 Å². The first-order chi connectivity index (χ1) is 17.0. The number of carbonyl (C=O) groups excluding carboxylic acids is 1. The molecule has 1 atom stereocenters. The minimum atomic E-state index is -0.370. The zero-order chi connectivity index (χ0) is 24.8. The van der Waals surface area contributed by atoms with E-state index in [1.54, 1.807) is 10.6 Å². The van der Waals surface area contributed by atoms with Gasteiger partial charge in [0.2, 0.25) is 5.91 Å². The van der Waals surface area contributed by atoms with Crippen LogP contribution in [0, 0.1) is 0 Å². The summed E-state index contributed by atoms with van der Waals surface area (Å²) in [5.41, 5.74) is 2.37. The van der Waals surface area contributed by atoms with Crippen molar-refractivity contribution in [1.29, 1.82) is 0 Å². The van der Waals surface area contributed by atoms with Gasteiger partial charge in [0.25, 0.3) is 5.56 Å². The Morgan fingerprint density at radius 2 is 1.69 bits per heavy atom. The maximum absolute atomic E-state index is 13.7. The fourth-order valence-corrected chi connectivity index (χ4v) is 4.58. The molecule has 180 valence electrons. The van der Waals surface area contributed by atoms with E-state index in [0.717, 1.165) is 28.6 Å². The minimum Gasteiger partial charge on any atom is -0.333 e. The summed E-state index contributed by atoms with van der Waals surface area (Å²) in [6.07, 6.45) is 2.95. The van der Waals surface area contributed by atoms with E-state index in [1.165, 1.54) is 0 Å². The van der Waals surface area contributed by atoms with Crippen molar-refractivity contribution in [3.05, 3.63) is 105 Å². The van der Waals surface area contributed by atoms with Gasteiger partial charge >= 0.3 is 0 Å². The van der Waals surface area contributed by atoms with Crippen LogP contribution in [0.1, 0.15) is 50.5 Å². The van der Waals surface area contributed by atoms with Crippen LogP contribution in [0.4, 0.5) is 0 Å². The zero-order valence-corrected chi connectivity index (χ0v) is 21.7. The van der Waals surface area contributed by atoms with E-state index in [2.05, 4.69) is 22.9 Å². The van der Waals surface area contributed by atoms with Crippen LogP contribution in [0.25, 0.3) is 16.6 Å². The van der Waals surface area contributed by atoms with E-state index >= 15 is 0 Å². The number of nitrogens with zero attached hydrogens (tertiary/aromatic N) is 3. The largest absolute Gasteiger partial charge is 0.333 e. The summed E-state index contributed by atoms with van der Waals surface area (Å²) in [7, 11) is 0. The van der Waals surface area contributed by atoms with Gasteiger partial charge < -0.3 is 4.90 Å². The molecule has 0 aliphatic rings. The number of benzene rings is 3. The molecule has 1 heterocycles. The Labute approximate surface area is 214 Å². The SMILES string of the molecule is CCCCN(C(=O)CCc1ccccc1)C(C)c1nc2ccccc2c(=O)n1-c1ccc(Br)cc1. The van der Waals surface area contributed by atoms with E-state index in [0.29, 0.717) is 36.1 Å². The third-order valence-electron chi connectivity index (χ3n) is 6.27. The van der Waals surface area contributed by atoms with Gasteiger partial charge in [-0.15, -0.1) is 0 Å². The molecule has 6 heteroatoms. The number of hydrogen-bond acceptors (Lipinski definition) is 3. The second kappa shape index (κ2) is 11.5. The summed E-state index contributed by atoms with van der Waals surface area (Å²) in [5.74, 6) is 0.639. The summed E-state index contributed by atoms with van der Waals surface area (Å²) < 4.78 is 2.58. The average Bonchev–Trinajstić information content (AvgIpc) is 2.89. The van der Waals surface area contributed by atoms with E-state index in [-0.39, 0.29) is 17.5 Å². The fourth-order valence-electron chi connectivity index (χ4n) is 4.31. The molecule has 0 saturated heterocycles. The average molecular weight is 532 g/mol. The monoisotopic (exact) mass is 531 g/mol. The number of halogens is 1. The third-order valence-corrected chi connectivity index (χ3v) is 6.80. The van der Waals surface area contributed by atoms with Crippen LogP contribution in [0.15, 0.2) is 88.1 Å². The molecule has 5 nitrogen and oxygen atoms in total. The van der Waals surface area contributed by atoms with Gasteiger partial charge in [-0.1, -0.05) is 71.7 Å². The Morgan fingerprint density at radius 3 is 2.40 bits per heavy atom. The summed E-state index contributed by atoms with van der Waals surface area (Å²) in [6, 6.07) is 24.7. The lowest BCUT2D eigenvalue weighted by Gasteiger charge is -2.31. The van der Waals surface area contributed by atoms with E-state index < -0.39 is 0 Å². The molecule has 35 heavy (non-hydrogen) atoms. The summed E-state index contributed by atoms with van der Waals surface area (Å²) in [4.78, 5) is 34.0. The zero-order valence-electron chi connectivity index (χ0n) is 20.2. The number of aromatic nitrogens is 2. The Kier molecular flexibility index (Phi) is 8.13. The molecule has 0 bridgehead atoms. The number of carbonyl (C=O) groups is 1. The van der Waals surface area contributed by atoms with Crippen LogP contribution in [-0.2, 0) is 11.2 Å². The second-order valence-electron chi connectivity index (χ2n) is 8.71. The highest BCUT2D eigenvalue weighted by Gasteiger charge is 2.26. The summed E-state index contributed by atoms with van der Waals surface area (Å²) in [5, 5.41) is 0.557. The fraction of sp³-hybridized carbons (Fsp3) is 0.276. The van der Waals surface area contributed by atoms with Gasteiger partial charge in [0.05, 0.1) is 22.6 Å². The molecule has 4 aromatic rings. The third kappa shape index (κ3) is 5.70. The van der Waals surface area contributed by atoms with Gasteiger partial charge in [-0.25, -0.2) is 4.98 Å². The number of rotatable bonds is 9. The molecule has 1 unspecified atom stereocenters. The van der Waals surface area contributed by atoms with Crippen molar-refractivity contribution in [2.75, 3.05) is 6.54 Å². The van der Waals surface area contributed by atoms with Crippen LogP contribution < -0.4 is 5.56 Å². The van der Waals surface area contributed by atoms with Crippen molar-refractivity contribution in [2.45, 2.75) is 45.6 Å². The highest BCUT2D eigenvalue weighted by Crippen LogP contribution is 2.25. The second-order valence-corrected chi connectivity index (χ2v) is 9.62. The molecule has 0 aliphatic heterocycles. The van der Waals surface area contributed by atoms with Crippen molar-refractivity contribution >= 4 is 32.7 Å². The summed E-state index contributed by atoms with van der Waals surface area (Å²) >= 11 is 3.48. The number of unbranched alkanes of at least 4 members (excludes halogenated alkanes) is 1. The van der Waals surface area contributed by atoms with Crippen molar-refractivity contribution in [3.8, 4) is 5.69 Å². The molecular formula is C29H30BrN3O2. The molecular weight excluding hydrogens is 502 g/mol. The lowest BCUT2D eigenvalue weighted by atomic mass is 10.1. The smallest absolute Gasteiger partial charge is 0.266 e. The molecule has 1 amide bonds. The number of fused-ring (bicyclic) bond motifs is 1. The molecule has 4 rings (SSSR count). The lowest BCUT2D eigenvalue weighted by Crippen LogP contribution is -2.38. The molecule has 0 N–H and O–H groups in total. The normalized spacial score (nSPS) is 12.0. The molecule has 0 radical (unpaired) electrons. The number of para-hydroxylation sites is 1. The quantitative estimate of drug-likeness (QED) is 0.248. The minimum absolute atomic E-state index is 0.0690. The lowest BCUT2D eigenvalue weighted by molar-refractivity contribution is -0.133. The van der Waals surface area contributed by atoms with Gasteiger partial charge in [-0.3, -0.25) is 14.2 Å². The Balaban J connectivity index is 1.76. The Morgan fingerprint density at radius 1 is 1.00 bits per heavy atom. The predicted molar refractivity (Wildman–Crippen MR) is 145 cm³/mol. The van der Waals surface area contributed by atoms with Crippen molar-refractivity contribution < 1.29 is 4.79 Å². The van der Waals surface area contributed by atoms with Crippen LogP contribution >= 0.6 is 15.9 Å². The first-order valence-corrected chi connectivity index (χ1v) is 12.9. The number of hydrogen-bond donors (Lipinski definition) is 0. The van der Waals surface area contributed by atoms with Crippen molar-refractivity contribution in [2.24, 2.45) is 0 Å². The van der Waals surface area contributed by atoms with Crippen molar-refractivity contribution in [1.82, 2.24) is 14.5 Å². The molecule has 0 spiro atoms. The van der Waals surface area contributed by atoms with Crippen LogP contribution in [0.2, 0.25) is 0 Å². The van der Waals surface area contributed by atoms with Gasteiger partial charge in [-0.05, 0) is 61.7 Å². The first kappa shape index (κ1) is 24.9. The van der Waals surface area contributed by atoms with Crippen LogP contribution in [0.5, 0.6) is 0 Å². The molecule has 0 fully saturated rings. The molecule has 3 aromatic carbocycles. The number of amides is 1. The highest BCUT2D eigenvalue weighted by molar-refractivity contribution is 9.10. The molecule has 0 aliphatic carbocycles. The highest BCUT2D eigenvalue weighted by atomic mass is 79.9. The van der Waals surface area contributed by atoms with Crippen molar-refractivity contribution in [3.63, 3.8) is 0 Å². The Bertz CT molecular complexity index is 1350. The Hall–Kier alpha value is -3.25. The van der Waals surface area contributed by atoms with Crippen LogP contribution in [0.3, 0.4) is 0 Å². The predicted octanol–water partition coefficient (Wildman–Crippen LogP) is 6.47. The van der Waals surface area contributed by atoms with Gasteiger partial charge in [0.1, 0.15) is 5.82 Å². The maximum Gasteiger partial charge on any atom is 0.266 e. The topological polar surface area (TPSA) is 55.2 Å². The van der Waals surface area contributed by atoms with Gasteiger partial charge in [-0.2, -0.15) is 0 Å². The maximum atomic E-state index is 13.7. The first-order valence-electron chi connectivity index (χ1n) is 12.1. The van der Waals surface area contributed by atoms with Gasteiger partial charge in [0, 0.05) is 17.4 Å². The van der Waals surface area contributed by atoms with E-state index in [4.69, 9.17) is 4.98 Å².